The van der Waals surface area contributed by atoms with E-state index in [-0.39, 0.29) is 5.91 Å². The van der Waals surface area contributed by atoms with Crippen molar-refractivity contribution in [1.29, 1.82) is 0 Å². The van der Waals surface area contributed by atoms with Crippen molar-refractivity contribution in [1.82, 2.24) is 14.8 Å². The topological polar surface area (TPSA) is 97.1 Å². The number of rotatable bonds is 6. The van der Waals surface area contributed by atoms with Gasteiger partial charge in [-0.05, 0) is 26.3 Å². The van der Waals surface area contributed by atoms with E-state index in [9.17, 15) is 14.7 Å². The van der Waals surface area contributed by atoms with Crippen LogP contribution in [-0.4, -0.2) is 31.7 Å². The van der Waals surface area contributed by atoms with Gasteiger partial charge in [0.15, 0.2) is 5.54 Å². The summed E-state index contributed by atoms with van der Waals surface area (Å²) in [5.41, 5.74) is 1.88. The van der Waals surface area contributed by atoms with Crippen LogP contribution in [-0.2, 0) is 16.8 Å². The van der Waals surface area contributed by atoms with Crippen LogP contribution >= 0.6 is 11.3 Å². The van der Waals surface area contributed by atoms with Crippen LogP contribution in [0, 0.1) is 6.92 Å². The first-order valence-electron chi connectivity index (χ1n) is 8.35. The molecule has 0 saturated carbocycles. The van der Waals surface area contributed by atoms with E-state index in [0.717, 1.165) is 10.6 Å². The van der Waals surface area contributed by atoms with Gasteiger partial charge in [0, 0.05) is 18.0 Å². The monoisotopic (exact) mass is 384 g/mol. The fourth-order valence-electron chi connectivity index (χ4n) is 2.36. The molecule has 1 aromatic carbocycles. The minimum atomic E-state index is -1.20. The highest BCUT2D eigenvalue weighted by molar-refractivity contribution is 7.09. The number of nitrogens with one attached hydrogen (secondary N) is 1. The largest absolute Gasteiger partial charge is 0.479 e. The van der Waals surface area contributed by atoms with Gasteiger partial charge in [0.05, 0.1) is 16.9 Å². The molecule has 0 atom stereocenters. The van der Waals surface area contributed by atoms with Gasteiger partial charge in [0.2, 0.25) is 0 Å². The Bertz CT molecular complexity index is 973. The summed E-state index contributed by atoms with van der Waals surface area (Å²) in [5, 5.41) is 18.5. The Morgan fingerprint density at radius 2 is 1.96 bits per heavy atom. The molecule has 140 valence electrons. The smallest absolute Gasteiger partial charge is 0.331 e. The summed E-state index contributed by atoms with van der Waals surface area (Å²) in [6.45, 7) is 5.10. The van der Waals surface area contributed by atoms with Crippen LogP contribution < -0.4 is 5.32 Å². The van der Waals surface area contributed by atoms with Crippen molar-refractivity contribution >= 4 is 28.9 Å². The Morgan fingerprint density at radius 1 is 1.26 bits per heavy atom. The number of benzene rings is 1. The third-order valence-corrected chi connectivity index (χ3v) is 5.05. The Hall–Kier alpha value is -3.00. The number of aryl methyl sites for hydroxylation is 1. The van der Waals surface area contributed by atoms with Gasteiger partial charge in [-0.3, -0.25) is 9.48 Å². The zero-order valence-electron chi connectivity index (χ0n) is 15.3. The molecule has 3 aromatic rings. The fourth-order valence-corrected chi connectivity index (χ4v) is 3.17. The lowest BCUT2D eigenvalue weighted by Gasteiger charge is -2.19. The highest BCUT2D eigenvalue weighted by Crippen LogP contribution is 2.19. The highest BCUT2D eigenvalue weighted by atomic mass is 32.1. The Morgan fingerprint density at radius 3 is 2.63 bits per heavy atom. The first-order valence-corrected chi connectivity index (χ1v) is 9.23. The van der Waals surface area contributed by atoms with E-state index in [2.05, 4.69) is 27.5 Å². The van der Waals surface area contributed by atoms with E-state index in [1.165, 1.54) is 47.8 Å². The standard InChI is InChI=1S/C19H20N4O3S/c1-12-4-6-13(7-5-12)8-16-22-15(11-27-16)17(24)21-14-9-20-23(10-14)19(2,3)18(25)26/h4-7,9-11H,8H2,1-3H3,(H,21,24)(H,25,26). The average Bonchev–Trinajstić information content (AvgIpc) is 3.26. The van der Waals surface area contributed by atoms with Gasteiger partial charge in [-0.1, -0.05) is 29.8 Å². The van der Waals surface area contributed by atoms with Crippen molar-refractivity contribution in [2.45, 2.75) is 32.7 Å². The number of carbonyl (C=O) groups excluding carboxylic acids is 1. The van der Waals surface area contributed by atoms with Crippen molar-refractivity contribution in [2.24, 2.45) is 0 Å². The number of hydrogen-bond donors (Lipinski definition) is 2. The normalized spacial score (nSPS) is 11.4. The van der Waals surface area contributed by atoms with Crippen LogP contribution in [0.4, 0.5) is 5.69 Å². The van der Waals surface area contributed by atoms with Crippen LogP contribution in [0.2, 0.25) is 0 Å². The van der Waals surface area contributed by atoms with E-state index < -0.39 is 11.5 Å². The lowest BCUT2D eigenvalue weighted by molar-refractivity contribution is -0.146. The molecule has 7 nitrogen and oxygen atoms in total. The van der Waals surface area contributed by atoms with Crippen LogP contribution in [0.1, 0.15) is 40.5 Å². The van der Waals surface area contributed by atoms with Gasteiger partial charge in [0.25, 0.3) is 5.91 Å². The van der Waals surface area contributed by atoms with Crippen molar-refractivity contribution in [3.8, 4) is 0 Å². The van der Waals surface area contributed by atoms with Crippen molar-refractivity contribution in [3.05, 3.63) is 63.9 Å². The molecule has 0 fully saturated rings. The molecule has 2 aromatic heterocycles. The molecule has 1 amide bonds. The molecule has 0 radical (unpaired) electrons. The number of nitrogens with zero attached hydrogens (tertiary/aromatic N) is 3. The van der Waals surface area contributed by atoms with E-state index in [4.69, 9.17) is 0 Å². The molecule has 27 heavy (non-hydrogen) atoms. The minimum absolute atomic E-state index is 0.326. The molecule has 0 aliphatic rings. The van der Waals surface area contributed by atoms with E-state index in [1.807, 2.05) is 19.1 Å². The summed E-state index contributed by atoms with van der Waals surface area (Å²) in [6.07, 6.45) is 3.58. The zero-order chi connectivity index (χ0) is 19.6. The van der Waals surface area contributed by atoms with E-state index in [0.29, 0.717) is 17.8 Å². The number of carboxylic acids is 1. The van der Waals surface area contributed by atoms with Gasteiger partial charge in [-0.15, -0.1) is 11.3 Å². The third kappa shape index (κ3) is 4.22. The molecule has 0 spiro atoms. The second kappa shape index (κ2) is 7.32. The maximum Gasteiger partial charge on any atom is 0.331 e. The van der Waals surface area contributed by atoms with Gasteiger partial charge < -0.3 is 10.4 Å². The van der Waals surface area contributed by atoms with Crippen LogP contribution in [0.3, 0.4) is 0 Å². The number of aromatic nitrogens is 3. The van der Waals surface area contributed by atoms with Crippen molar-refractivity contribution < 1.29 is 14.7 Å². The third-order valence-electron chi connectivity index (χ3n) is 4.20. The predicted molar refractivity (Wildman–Crippen MR) is 103 cm³/mol. The number of amides is 1. The van der Waals surface area contributed by atoms with Crippen LogP contribution in [0.25, 0.3) is 0 Å². The number of carboxylic acid groups (broad SMARTS) is 1. The molecule has 2 heterocycles. The van der Waals surface area contributed by atoms with Gasteiger partial charge >= 0.3 is 5.97 Å². The summed E-state index contributed by atoms with van der Waals surface area (Å²) in [4.78, 5) is 28.1. The van der Waals surface area contributed by atoms with Crippen molar-refractivity contribution in [3.63, 3.8) is 0 Å². The first-order chi connectivity index (χ1) is 12.8. The summed E-state index contributed by atoms with van der Waals surface area (Å²) in [5.74, 6) is -1.36. The fraction of sp³-hybridized carbons (Fsp3) is 0.263. The van der Waals surface area contributed by atoms with E-state index >= 15 is 0 Å². The zero-order valence-corrected chi connectivity index (χ0v) is 16.1. The average molecular weight is 384 g/mol. The summed E-state index contributed by atoms with van der Waals surface area (Å²) in [7, 11) is 0. The molecule has 0 bridgehead atoms. The van der Waals surface area contributed by atoms with E-state index in [1.54, 1.807) is 5.38 Å². The molecular weight excluding hydrogens is 364 g/mol. The second-order valence-corrected chi connectivity index (χ2v) is 7.72. The SMILES string of the molecule is Cc1ccc(Cc2nc(C(=O)Nc3cnn(C(C)(C)C(=O)O)c3)cs2)cc1. The number of anilines is 1. The molecule has 0 aliphatic carbocycles. The van der Waals surface area contributed by atoms with Crippen LogP contribution in [0.5, 0.6) is 0 Å². The van der Waals surface area contributed by atoms with Gasteiger partial charge in [-0.2, -0.15) is 5.10 Å². The summed E-state index contributed by atoms with van der Waals surface area (Å²) in [6, 6.07) is 8.20. The molecule has 8 heteroatoms. The molecular formula is C19H20N4O3S. The number of carbonyl (C=O) groups is 2. The maximum absolute atomic E-state index is 12.4. The second-order valence-electron chi connectivity index (χ2n) is 6.78. The predicted octanol–water partition coefficient (Wildman–Crippen LogP) is 3.31. The summed E-state index contributed by atoms with van der Waals surface area (Å²) >= 11 is 1.43. The first kappa shape index (κ1) is 18.8. The Kier molecular flexibility index (Phi) is 5.09. The molecule has 0 unspecified atom stereocenters. The highest BCUT2D eigenvalue weighted by Gasteiger charge is 2.30. The Balaban J connectivity index is 1.67. The Labute approximate surface area is 160 Å². The maximum atomic E-state index is 12.4. The number of aliphatic carboxylic acids is 1. The van der Waals surface area contributed by atoms with Crippen molar-refractivity contribution in [2.75, 3.05) is 5.32 Å². The number of thiazole rings is 1. The quantitative estimate of drug-likeness (QED) is 0.679. The lowest BCUT2D eigenvalue weighted by Crippen LogP contribution is -2.35. The van der Waals surface area contributed by atoms with Gasteiger partial charge in [0.1, 0.15) is 5.69 Å². The molecule has 0 saturated heterocycles. The molecule has 3 rings (SSSR count). The minimum Gasteiger partial charge on any atom is -0.479 e. The molecule has 0 aliphatic heterocycles. The summed E-state index contributed by atoms with van der Waals surface area (Å²) < 4.78 is 1.30. The lowest BCUT2D eigenvalue weighted by atomic mass is 10.1. The van der Waals surface area contributed by atoms with Gasteiger partial charge in [-0.25, -0.2) is 9.78 Å². The van der Waals surface area contributed by atoms with Crippen LogP contribution in [0.15, 0.2) is 42.0 Å². The molecule has 2 N–H and O–H groups in total. The number of hydrogen-bond acceptors (Lipinski definition) is 5.